The van der Waals surface area contributed by atoms with E-state index in [2.05, 4.69) is 9.71 Å². The Morgan fingerprint density at radius 3 is 2.48 bits per heavy atom. The monoisotopic (exact) mass is 338 g/mol. The molecule has 23 heavy (non-hydrogen) atoms. The molecule has 1 aromatic heterocycles. The summed E-state index contributed by atoms with van der Waals surface area (Å²) in [5.41, 5.74) is 1.32. The van der Waals surface area contributed by atoms with E-state index in [0.29, 0.717) is 23.6 Å². The van der Waals surface area contributed by atoms with Crippen LogP contribution >= 0.6 is 0 Å². The van der Waals surface area contributed by atoms with Crippen molar-refractivity contribution in [3.05, 3.63) is 36.4 Å². The van der Waals surface area contributed by atoms with Crippen molar-refractivity contribution in [3.8, 4) is 11.3 Å². The first-order chi connectivity index (χ1) is 10.8. The van der Waals surface area contributed by atoms with E-state index in [1.165, 1.54) is 18.4 Å². The summed E-state index contributed by atoms with van der Waals surface area (Å²) in [5, 5.41) is 9.06. The Morgan fingerprint density at radius 2 is 2.00 bits per heavy atom. The van der Waals surface area contributed by atoms with Crippen LogP contribution in [0, 0.1) is 6.92 Å². The quantitative estimate of drug-likeness (QED) is 0.801. The zero-order valence-corrected chi connectivity index (χ0v) is 13.6. The van der Waals surface area contributed by atoms with E-state index in [4.69, 9.17) is 9.52 Å². The van der Waals surface area contributed by atoms with Crippen LogP contribution in [-0.2, 0) is 14.8 Å². The van der Waals surface area contributed by atoms with Crippen molar-refractivity contribution >= 4 is 16.0 Å². The van der Waals surface area contributed by atoms with Gasteiger partial charge in [0.1, 0.15) is 18.0 Å². The van der Waals surface area contributed by atoms with E-state index in [-0.39, 0.29) is 11.3 Å². The molecule has 0 radical (unpaired) electrons. The highest BCUT2D eigenvalue weighted by Gasteiger charge is 2.24. The number of rotatable bonds is 7. The summed E-state index contributed by atoms with van der Waals surface area (Å²) in [4.78, 5) is 15.3. The lowest BCUT2D eigenvalue weighted by molar-refractivity contribution is -0.139. The molecule has 2 rings (SSSR count). The maximum absolute atomic E-state index is 12.3. The Balaban J connectivity index is 2.21. The number of hydrogen-bond donors (Lipinski definition) is 2. The van der Waals surface area contributed by atoms with E-state index in [1.54, 1.807) is 26.0 Å². The second-order valence-corrected chi connectivity index (χ2v) is 6.79. The van der Waals surface area contributed by atoms with Crippen molar-refractivity contribution in [2.75, 3.05) is 0 Å². The first-order valence-electron chi connectivity index (χ1n) is 7.11. The molecule has 0 spiro atoms. The SMILES string of the molecule is CCCC(NS(=O)(=O)c1ccc(-c2coc(C)n2)cc1)C(=O)O. The predicted octanol–water partition coefficient (Wildman–Crippen LogP) is 2.18. The number of hydrogen-bond acceptors (Lipinski definition) is 5. The van der Waals surface area contributed by atoms with E-state index in [1.807, 2.05) is 0 Å². The lowest BCUT2D eigenvalue weighted by Gasteiger charge is -2.14. The number of carbonyl (C=O) groups is 1. The van der Waals surface area contributed by atoms with Crippen molar-refractivity contribution in [3.63, 3.8) is 0 Å². The molecule has 1 unspecified atom stereocenters. The van der Waals surface area contributed by atoms with Crippen LogP contribution in [0.5, 0.6) is 0 Å². The Morgan fingerprint density at radius 1 is 1.35 bits per heavy atom. The average molecular weight is 338 g/mol. The summed E-state index contributed by atoms with van der Waals surface area (Å²) >= 11 is 0. The molecule has 0 amide bonds. The van der Waals surface area contributed by atoms with Crippen LogP contribution in [0.15, 0.2) is 39.8 Å². The maximum Gasteiger partial charge on any atom is 0.321 e. The first-order valence-corrected chi connectivity index (χ1v) is 8.59. The molecular formula is C15H18N2O5S. The third kappa shape index (κ3) is 4.17. The molecule has 0 aliphatic rings. The summed E-state index contributed by atoms with van der Waals surface area (Å²) < 4.78 is 31.9. The fraction of sp³-hybridized carbons (Fsp3) is 0.333. The Labute approximate surface area is 134 Å². The van der Waals surface area contributed by atoms with E-state index >= 15 is 0 Å². The Hall–Kier alpha value is -2.19. The number of sulfonamides is 1. The highest BCUT2D eigenvalue weighted by atomic mass is 32.2. The van der Waals surface area contributed by atoms with Gasteiger partial charge >= 0.3 is 5.97 Å². The van der Waals surface area contributed by atoms with Crippen molar-refractivity contribution in [2.24, 2.45) is 0 Å². The number of carboxylic acid groups (broad SMARTS) is 1. The molecule has 0 saturated heterocycles. The highest BCUT2D eigenvalue weighted by molar-refractivity contribution is 7.89. The summed E-state index contributed by atoms with van der Waals surface area (Å²) in [6.07, 6.45) is 2.27. The third-order valence-electron chi connectivity index (χ3n) is 3.25. The molecule has 0 bridgehead atoms. The van der Waals surface area contributed by atoms with Crippen LogP contribution < -0.4 is 4.72 Å². The first kappa shape index (κ1) is 17.2. The van der Waals surface area contributed by atoms with Crippen molar-refractivity contribution in [1.29, 1.82) is 0 Å². The molecule has 1 aromatic carbocycles. The molecule has 0 saturated carbocycles. The lowest BCUT2D eigenvalue weighted by atomic mass is 10.2. The molecule has 2 N–H and O–H groups in total. The third-order valence-corrected chi connectivity index (χ3v) is 4.74. The molecule has 1 heterocycles. The van der Waals surface area contributed by atoms with Crippen molar-refractivity contribution in [2.45, 2.75) is 37.6 Å². The smallest absolute Gasteiger partial charge is 0.321 e. The van der Waals surface area contributed by atoms with Gasteiger partial charge in [0.15, 0.2) is 5.89 Å². The Bertz CT molecular complexity index is 780. The summed E-state index contributed by atoms with van der Waals surface area (Å²) in [5.74, 6) is -0.674. The standard InChI is InChI=1S/C15H18N2O5S/c1-3-4-13(15(18)19)17-23(20,21)12-7-5-11(6-8-12)14-9-22-10(2)16-14/h5-9,13,17H,3-4H2,1-2H3,(H,18,19). The van der Waals surface area contributed by atoms with Gasteiger partial charge in [-0.05, 0) is 18.6 Å². The van der Waals surface area contributed by atoms with Gasteiger partial charge < -0.3 is 9.52 Å². The second-order valence-electron chi connectivity index (χ2n) is 5.08. The molecule has 1 atom stereocenters. The zero-order valence-electron chi connectivity index (χ0n) is 12.8. The van der Waals surface area contributed by atoms with Crippen molar-refractivity contribution < 1.29 is 22.7 Å². The lowest BCUT2D eigenvalue weighted by Crippen LogP contribution is -2.40. The Kier molecular flexibility index (Phi) is 5.17. The van der Waals surface area contributed by atoms with E-state index in [0.717, 1.165) is 0 Å². The van der Waals surface area contributed by atoms with Gasteiger partial charge in [0, 0.05) is 12.5 Å². The molecule has 0 fully saturated rings. The fourth-order valence-electron chi connectivity index (χ4n) is 2.08. The molecule has 8 heteroatoms. The van der Waals surface area contributed by atoms with E-state index < -0.39 is 22.0 Å². The van der Waals surface area contributed by atoms with Gasteiger partial charge in [0.05, 0.1) is 4.90 Å². The van der Waals surface area contributed by atoms with Gasteiger partial charge in [-0.2, -0.15) is 4.72 Å². The number of carboxylic acids is 1. The van der Waals surface area contributed by atoms with E-state index in [9.17, 15) is 13.2 Å². The molecular weight excluding hydrogens is 320 g/mol. The fourth-order valence-corrected chi connectivity index (χ4v) is 3.30. The van der Waals surface area contributed by atoms with Crippen LogP contribution in [0.25, 0.3) is 11.3 Å². The molecule has 7 nitrogen and oxygen atoms in total. The molecule has 2 aromatic rings. The maximum atomic E-state index is 12.3. The largest absolute Gasteiger partial charge is 0.480 e. The van der Waals surface area contributed by atoms with Crippen LogP contribution in [0.3, 0.4) is 0 Å². The van der Waals surface area contributed by atoms with Crippen LogP contribution in [0.4, 0.5) is 0 Å². The number of oxazole rings is 1. The number of aromatic nitrogens is 1. The minimum absolute atomic E-state index is 0.00354. The number of aryl methyl sites for hydroxylation is 1. The zero-order chi connectivity index (χ0) is 17.0. The highest BCUT2D eigenvalue weighted by Crippen LogP contribution is 2.21. The van der Waals surface area contributed by atoms with Crippen LogP contribution in [-0.4, -0.2) is 30.5 Å². The van der Waals surface area contributed by atoms with Gasteiger partial charge in [-0.15, -0.1) is 0 Å². The second kappa shape index (κ2) is 6.93. The summed E-state index contributed by atoms with van der Waals surface area (Å²) in [7, 11) is -3.90. The van der Waals surface area contributed by atoms with Crippen LogP contribution in [0.1, 0.15) is 25.7 Å². The topological polar surface area (TPSA) is 110 Å². The van der Waals surface area contributed by atoms with Gasteiger partial charge in [0.25, 0.3) is 0 Å². The summed E-state index contributed by atoms with van der Waals surface area (Å²) in [6, 6.07) is 4.88. The molecule has 124 valence electrons. The molecule has 0 aliphatic carbocycles. The van der Waals surface area contributed by atoms with Gasteiger partial charge in [-0.3, -0.25) is 4.79 Å². The van der Waals surface area contributed by atoms with Gasteiger partial charge in [0.2, 0.25) is 10.0 Å². The van der Waals surface area contributed by atoms with Gasteiger partial charge in [-0.1, -0.05) is 25.5 Å². The number of aliphatic carboxylic acids is 1. The van der Waals surface area contributed by atoms with Gasteiger partial charge in [-0.25, -0.2) is 13.4 Å². The summed E-state index contributed by atoms with van der Waals surface area (Å²) in [6.45, 7) is 3.50. The van der Waals surface area contributed by atoms with Crippen molar-refractivity contribution in [1.82, 2.24) is 9.71 Å². The molecule has 0 aliphatic heterocycles. The normalized spacial score (nSPS) is 13.0. The number of benzene rings is 1. The predicted molar refractivity (Wildman–Crippen MR) is 83.3 cm³/mol. The minimum atomic E-state index is -3.90. The number of nitrogens with one attached hydrogen (secondary N) is 1. The minimum Gasteiger partial charge on any atom is -0.480 e. The van der Waals surface area contributed by atoms with Crippen LogP contribution in [0.2, 0.25) is 0 Å². The average Bonchev–Trinajstić information content (AvgIpc) is 2.93. The number of nitrogens with zero attached hydrogens (tertiary/aromatic N) is 1.